The van der Waals surface area contributed by atoms with E-state index in [0.717, 1.165) is 23.5 Å². The third kappa shape index (κ3) is 1.97. The predicted molar refractivity (Wildman–Crippen MR) is 67.9 cm³/mol. The summed E-state index contributed by atoms with van der Waals surface area (Å²) in [6.07, 6.45) is 9.18. The van der Waals surface area contributed by atoms with Gasteiger partial charge in [-0.05, 0) is 6.07 Å². The van der Waals surface area contributed by atoms with Gasteiger partial charge >= 0.3 is 0 Å². The molecule has 4 nitrogen and oxygen atoms in total. The molecule has 4 heteroatoms. The van der Waals surface area contributed by atoms with Crippen molar-refractivity contribution in [1.82, 2.24) is 9.97 Å². The Balaban J connectivity index is 1.96. The Morgan fingerprint density at radius 3 is 3.06 bits per heavy atom. The lowest BCUT2D eigenvalue weighted by Crippen LogP contribution is -2.16. The highest BCUT2D eigenvalue weighted by Crippen LogP contribution is 2.22. The molecule has 1 N–H and O–H groups in total. The van der Waals surface area contributed by atoms with Crippen LogP contribution in [0.15, 0.2) is 54.2 Å². The summed E-state index contributed by atoms with van der Waals surface area (Å²) in [5.41, 5.74) is 3.35. The fraction of sp³-hybridized carbons (Fsp3) is 0.0769. The van der Waals surface area contributed by atoms with Gasteiger partial charge in [0.25, 0.3) is 0 Å². The van der Waals surface area contributed by atoms with Crippen LogP contribution in [-0.4, -0.2) is 16.2 Å². The van der Waals surface area contributed by atoms with Crippen LogP contribution >= 0.6 is 0 Å². The molecule has 0 aliphatic carbocycles. The number of para-hydroxylation sites is 1. The number of aromatic amines is 1. The SMILES string of the molecule is C1=CN(Cc2cnc[nH]2)c2ccccc2C=N1. The molecule has 0 amide bonds. The summed E-state index contributed by atoms with van der Waals surface area (Å²) in [7, 11) is 0. The Hall–Kier alpha value is -2.36. The molecular weight excluding hydrogens is 212 g/mol. The van der Waals surface area contributed by atoms with Crippen molar-refractivity contribution in [3.8, 4) is 0 Å². The van der Waals surface area contributed by atoms with Crippen molar-refractivity contribution >= 4 is 11.9 Å². The Kier molecular flexibility index (Phi) is 2.46. The molecule has 0 radical (unpaired) electrons. The number of rotatable bonds is 2. The first-order chi connectivity index (χ1) is 8.43. The molecule has 0 saturated carbocycles. The highest BCUT2D eigenvalue weighted by atomic mass is 15.1. The Morgan fingerprint density at radius 1 is 1.24 bits per heavy atom. The van der Waals surface area contributed by atoms with E-state index >= 15 is 0 Å². The van der Waals surface area contributed by atoms with Gasteiger partial charge in [0, 0.05) is 36.1 Å². The van der Waals surface area contributed by atoms with Gasteiger partial charge in [-0.3, -0.25) is 4.99 Å². The molecule has 3 rings (SSSR count). The van der Waals surface area contributed by atoms with Crippen molar-refractivity contribution in [2.75, 3.05) is 4.90 Å². The zero-order valence-electron chi connectivity index (χ0n) is 9.24. The maximum atomic E-state index is 4.22. The smallest absolute Gasteiger partial charge is 0.0922 e. The monoisotopic (exact) mass is 224 g/mol. The Labute approximate surface area is 99.3 Å². The third-order valence-corrected chi connectivity index (χ3v) is 2.69. The fourth-order valence-corrected chi connectivity index (χ4v) is 1.87. The predicted octanol–water partition coefficient (Wildman–Crippen LogP) is 2.32. The number of aromatic nitrogens is 2. The largest absolute Gasteiger partial charge is 0.347 e. The van der Waals surface area contributed by atoms with Crippen molar-refractivity contribution in [2.45, 2.75) is 6.54 Å². The normalized spacial score (nSPS) is 13.5. The molecule has 84 valence electrons. The summed E-state index contributed by atoms with van der Waals surface area (Å²) in [4.78, 5) is 13.5. The van der Waals surface area contributed by atoms with Crippen LogP contribution in [0.25, 0.3) is 0 Å². The van der Waals surface area contributed by atoms with Crippen molar-refractivity contribution in [3.05, 3.63) is 60.4 Å². The lowest BCUT2D eigenvalue weighted by atomic mass is 10.2. The second-order valence-electron chi connectivity index (χ2n) is 3.84. The average Bonchev–Trinajstić information content (AvgIpc) is 2.78. The van der Waals surface area contributed by atoms with Crippen molar-refractivity contribution < 1.29 is 0 Å². The Morgan fingerprint density at radius 2 is 2.18 bits per heavy atom. The van der Waals surface area contributed by atoms with E-state index in [2.05, 4.69) is 32.0 Å². The number of nitrogens with zero attached hydrogens (tertiary/aromatic N) is 3. The van der Waals surface area contributed by atoms with Gasteiger partial charge in [-0.25, -0.2) is 4.98 Å². The summed E-state index contributed by atoms with van der Waals surface area (Å²) in [5, 5.41) is 0. The lowest BCUT2D eigenvalue weighted by Gasteiger charge is -2.20. The van der Waals surface area contributed by atoms with Crippen LogP contribution in [0, 0.1) is 0 Å². The molecule has 1 aromatic heterocycles. The molecule has 1 aliphatic rings. The van der Waals surface area contributed by atoms with E-state index in [9.17, 15) is 0 Å². The van der Waals surface area contributed by atoms with E-state index < -0.39 is 0 Å². The summed E-state index contributed by atoms with van der Waals surface area (Å²) >= 11 is 0. The average molecular weight is 224 g/mol. The summed E-state index contributed by atoms with van der Waals surface area (Å²) in [5.74, 6) is 0. The first-order valence-electron chi connectivity index (χ1n) is 5.46. The minimum Gasteiger partial charge on any atom is -0.347 e. The number of imidazole rings is 1. The molecule has 0 spiro atoms. The molecule has 17 heavy (non-hydrogen) atoms. The van der Waals surface area contributed by atoms with Gasteiger partial charge in [0.1, 0.15) is 0 Å². The van der Waals surface area contributed by atoms with Crippen molar-refractivity contribution in [2.24, 2.45) is 4.99 Å². The molecule has 2 aromatic rings. The molecule has 0 fully saturated rings. The fourth-order valence-electron chi connectivity index (χ4n) is 1.87. The zero-order chi connectivity index (χ0) is 11.5. The topological polar surface area (TPSA) is 44.3 Å². The minimum atomic E-state index is 0.761. The molecule has 0 bridgehead atoms. The second-order valence-corrected chi connectivity index (χ2v) is 3.84. The third-order valence-electron chi connectivity index (χ3n) is 2.69. The molecule has 1 aromatic carbocycles. The number of anilines is 1. The van der Waals surface area contributed by atoms with Crippen LogP contribution in [0.3, 0.4) is 0 Å². The summed E-state index contributed by atoms with van der Waals surface area (Å²) in [6, 6.07) is 8.20. The maximum absolute atomic E-state index is 4.22. The number of hydrogen-bond acceptors (Lipinski definition) is 3. The van der Waals surface area contributed by atoms with E-state index in [1.165, 1.54) is 0 Å². The van der Waals surface area contributed by atoms with Gasteiger partial charge in [-0.2, -0.15) is 0 Å². The zero-order valence-corrected chi connectivity index (χ0v) is 9.24. The first-order valence-corrected chi connectivity index (χ1v) is 5.46. The highest BCUT2D eigenvalue weighted by Gasteiger charge is 2.10. The highest BCUT2D eigenvalue weighted by molar-refractivity contribution is 5.89. The van der Waals surface area contributed by atoms with E-state index in [1.54, 1.807) is 12.5 Å². The van der Waals surface area contributed by atoms with Gasteiger partial charge in [0.15, 0.2) is 0 Å². The number of fused-ring (bicyclic) bond motifs is 1. The van der Waals surface area contributed by atoms with Gasteiger partial charge in [-0.15, -0.1) is 0 Å². The molecule has 0 unspecified atom stereocenters. The van der Waals surface area contributed by atoms with Crippen LogP contribution in [0.4, 0.5) is 5.69 Å². The van der Waals surface area contributed by atoms with E-state index in [1.807, 2.05) is 30.7 Å². The molecule has 0 saturated heterocycles. The number of benzene rings is 1. The Bertz CT molecular complexity index is 555. The summed E-state index contributed by atoms with van der Waals surface area (Å²) in [6.45, 7) is 0.761. The molecule has 0 atom stereocenters. The van der Waals surface area contributed by atoms with Crippen molar-refractivity contribution in [1.29, 1.82) is 0 Å². The van der Waals surface area contributed by atoms with Gasteiger partial charge in [0.05, 0.1) is 18.6 Å². The minimum absolute atomic E-state index is 0.761. The molecule has 2 heterocycles. The first kappa shape index (κ1) is 9.84. The van der Waals surface area contributed by atoms with Crippen LogP contribution in [0.1, 0.15) is 11.3 Å². The van der Waals surface area contributed by atoms with E-state index in [-0.39, 0.29) is 0 Å². The van der Waals surface area contributed by atoms with Crippen LogP contribution in [-0.2, 0) is 6.54 Å². The van der Waals surface area contributed by atoms with Crippen LogP contribution in [0.5, 0.6) is 0 Å². The quantitative estimate of drug-likeness (QED) is 0.850. The summed E-state index contributed by atoms with van der Waals surface area (Å²) < 4.78 is 0. The number of nitrogens with one attached hydrogen (secondary N) is 1. The van der Waals surface area contributed by atoms with Gasteiger partial charge < -0.3 is 9.88 Å². The maximum Gasteiger partial charge on any atom is 0.0922 e. The number of H-pyrrole nitrogens is 1. The molecular formula is C13H12N4. The number of hydrogen-bond donors (Lipinski definition) is 1. The van der Waals surface area contributed by atoms with Crippen LogP contribution < -0.4 is 4.90 Å². The van der Waals surface area contributed by atoms with Crippen molar-refractivity contribution in [3.63, 3.8) is 0 Å². The second kappa shape index (κ2) is 4.25. The molecule has 1 aliphatic heterocycles. The number of aliphatic imine (C=N–C) groups is 1. The van der Waals surface area contributed by atoms with Gasteiger partial charge in [0.2, 0.25) is 0 Å². The standard InChI is InChI=1S/C13H12N4/c1-2-4-13-11(3-1)7-14-5-6-17(13)9-12-8-15-10-16-12/h1-8,10H,9H2,(H,15,16). The van der Waals surface area contributed by atoms with Crippen LogP contribution in [0.2, 0.25) is 0 Å². The van der Waals surface area contributed by atoms with E-state index in [0.29, 0.717) is 0 Å². The van der Waals surface area contributed by atoms with Gasteiger partial charge in [-0.1, -0.05) is 18.2 Å². The van der Waals surface area contributed by atoms with E-state index in [4.69, 9.17) is 0 Å². The lowest BCUT2D eigenvalue weighted by molar-refractivity contribution is 0.931.